The van der Waals surface area contributed by atoms with Gasteiger partial charge >= 0.3 is 0 Å². The van der Waals surface area contributed by atoms with E-state index in [4.69, 9.17) is 15.5 Å². The van der Waals surface area contributed by atoms with Gasteiger partial charge in [-0.3, -0.25) is 14.0 Å². The van der Waals surface area contributed by atoms with Gasteiger partial charge in [-0.1, -0.05) is 13.8 Å². The molecule has 0 radical (unpaired) electrons. The van der Waals surface area contributed by atoms with Crippen LogP contribution in [0.5, 0.6) is 5.75 Å². The number of piperidine rings is 1. The number of benzene rings is 1. The van der Waals surface area contributed by atoms with Crippen molar-refractivity contribution in [3.05, 3.63) is 65.6 Å². The molecule has 3 N–H and O–H groups in total. The minimum atomic E-state index is -0.727. The number of anilines is 2. The molecule has 3 aromatic heterocycles. The second-order valence-electron chi connectivity index (χ2n) is 12.8. The molecule has 1 aliphatic carbocycles. The van der Waals surface area contributed by atoms with Gasteiger partial charge < -0.3 is 20.7 Å². The van der Waals surface area contributed by atoms with E-state index in [1.165, 1.54) is 12.1 Å². The molecule has 2 aliphatic heterocycles. The van der Waals surface area contributed by atoms with Crippen molar-refractivity contribution < 1.29 is 18.7 Å². The highest BCUT2D eigenvalue weighted by molar-refractivity contribution is 6.05. The zero-order chi connectivity index (χ0) is 30.7. The fourth-order valence-electron chi connectivity index (χ4n) is 7.00. The molecular formula is C33H36FN7O3. The van der Waals surface area contributed by atoms with Gasteiger partial charge in [0.1, 0.15) is 40.2 Å². The quantitative estimate of drug-likeness (QED) is 0.286. The maximum absolute atomic E-state index is 15.8. The van der Waals surface area contributed by atoms with Gasteiger partial charge in [0.15, 0.2) is 0 Å². The van der Waals surface area contributed by atoms with Crippen LogP contribution in [0.2, 0.25) is 0 Å². The maximum atomic E-state index is 15.8. The van der Waals surface area contributed by atoms with Crippen LogP contribution in [0.15, 0.2) is 42.9 Å². The molecule has 44 heavy (non-hydrogen) atoms. The molecule has 0 bridgehead atoms. The van der Waals surface area contributed by atoms with E-state index in [1.807, 2.05) is 28.4 Å². The Morgan fingerprint density at radius 2 is 1.93 bits per heavy atom. The summed E-state index contributed by atoms with van der Waals surface area (Å²) in [6, 6.07) is 6.66. The van der Waals surface area contributed by atoms with Crippen molar-refractivity contribution in [3.63, 3.8) is 0 Å². The summed E-state index contributed by atoms with van der Waals surface area (Å²) in [5.41, 5.74) is 8.58. The van der Waals surface area contributed by atoms with E-state index in [1.54, 1.807) is 18.6 Å². The van der Waals surface area contributed by atoms with Crippen molar-refractivity contribution in [2.75, 3.05) is 24.2 Å². The minimum Gasteiger partial charge on any atom is -0.493 e. The summed E-state index contributed by atoms with van der Waals surface area (Å²) in [6.07, 6.45) is 9.54. The van der Waals surface area contributed by atoms with Crippen LogP contribution >= 0.6 is 0 Å². The number of aromatic nitrogens is 4. The van der Waals surface area contributed by atoms with Crippen LogP contribution in [0.25, 0.3) is 16.8 Å². The van der Waals surface area contributed by atoms with E-state index in [-0.39, 0.29) is 41.3 Å². The van der Waals surface area contributed by atoms with Gasteiger partial charge in [0.05, 0.1) is 12.2 Å². The number of hydrogen-bond donors (Lipinski definition) is 2. The Bertz CT molecular complexity index is 1800. The monoisotopic (exact) mass is 597 g/mol. The number of nitrogens with one attached hydrogen (secondary N) is 1. The summed E-state index contributed by atoms with van der Waals surface area (Å²) in [5, 5.41) is 2.74. The summed E-state index contributed by atoms with van der Waals surface area (Å²) in [5.74, 6) is 0.895. The maximum Gasteiger partial charge on any atom is 0.259 e. The number of pyridine rings is 1. The van der Waals surface area contributed by atoms with Crippen molar-refractivity contribution in [2.24, 2.45) is 5.41 Å². The molecule has 2 amide bonds. The zero-order valence-corrected chi connectivity index (χ0v) is 25.1. The predicted molar refractivity (Wildman–Crippen MR) is 164 cm³/mol. The van der Waals surface area contributed by atoms with Crippen LogP contribution in [0, 0.1) is 11.2 Å². The van der Waals surface area contributed by atoms with Crippen molar-refractivity contribution in [1.29, 1.82) is 0 Å². The standard InChI is InChI=1S/C33H36FN7O3/c1-4-44-24-15-21(32(43)38-26-13-19(9-10-36-26)18-5-6-18)23(34)14-22(24)28-29-30(35)37-11-12-40(29)31(39-28)20-7-8-25-33(2,3)16-27(42)41(25)17-20/h9-15,18,20,25H,4-8,16-17H2,1-3H3,(H2,35,37)(H,36,38,43)/t20-,25+/m1/s1. The van der Waals surface area contributed by atoms with Crippen LogP contribution in [0.3, 0.4) is 0 Å². The normalized spacial score (nSPS) is 21.0. The van der Waals surface area contributed by atoms with E-state index >= 15 is 4.39 Å². The Kier molecular flexibility index (Phi) is 6.78. The second kappa shape index (κ2) is 10.6. The van der Waals surface area contributed by atoms with Crippen molar-refractivity contribution in [1.82, 2.24) is 24.3 Å². The van der Waals surface area contributed by atoms with E-state index in [2.05, 4.69) is 29.1 Å². The highest BCUT2D eigenvalue weighted by Gasteiger charge is 2.48. The molecule has 0 spiro atoms. The smallest absolute Gasteiger partial charge is 0.259 e. The highest BCUT2D eigenvalue weighted by Crippen LogP contribution is 2.46. The first-order chi connectivity index (χ1) is 21.1. The first-order valence-corrected chi connectivity index (χ1v) is 15.3. The van der Waals surface area contributed by atoms with Gasteiger partial charge in [0.2, 0.25) is 5.91 Å². The molecule has 10 nitrogen and oxygen atoms in total. The SMILES string of the molecule is CCOc1cc(C(=O)Nc2cc(C3CC3)ccn2)c(F)cc1-c1nc([C@@H]2CC[C@@H]3N(C2)C(=O)CC3(C)C)n2ccnc(N)c12. The Balaban J connectivity index is 1.26. The first kappa shape index (κ1) is 28.2. The number of rotatable bonds is 7. The summed E-state index contributed by atoms with van der Waals surface area (Å²) in [6.45, 7) is 6.96. The van der Waals surface area contributed by atoms with Gasteiger partial charge in [0.25, 0.3) is 5.91 Å². The molecule has 7 rings (SSSR count). The number of carbonyl (C=O) groups excluding carboxylic acids is 2. The molecule has 3 fully saturated rings. The molecule has 4 aromatic rings. The Morgan fingerprint density at radius 3 is 2.70 bits per heavy atom. The van der Waals surface area contributed by atoms with Gasteiger partial charge in [-0.05, 0) is 73.8 Å². The number of amides is 2. The number of imidazole rings is 1. The average Bonchev–Trinajstić information content (AvgIpc) is 3.73. The summed E-state index contributed by atoms with van der Waals surface area (Å²) < 4.78 is 23.6. The lowest BCUT2D eigenvalue weighted by Crippen LogP contribution is -2.44. The molecule has 5 heterocycles. The number of ether oxygens (including phenoxy) is 1. The Morgan fingerprint density at radius 1 is 1.14 bits per heavy atom. The molecular weight excluding hydrogens is 561 g/mol. The predicted octanol–water partition coefficient (Wildman–Crippen LogP) is 5.55. The van der Waals surface area contributed by atoms with Crippen molar-refractivity contribution in [2.45, 2.75) is 70.8 Å². The lowest BCUT2D eigenvalue weighted by atomic mass is 9.79. The van der Waals surface area contributed by atoms with Crippen LogP contribution in [0.4, 0.5) is 16.0 Å². The van der Waals surface area contributed by atoms with Crippen molar-refractivity contribution in [3.8, 4) is 17.0 Å². The van der Waals surface area contributed by atoms with Crippen LogP contribution < -0.4 is 15.8 Å². The number of hydrogen-bond acceptors (Lipinski definition) is 7. The van der Waals surface area contributed by atoms with Crippen LogP contribution in [-0.4, -0.2) is 55.3 Å². The average molecular weight is 598 g/mol. The van der Waals surface area contributed by atoms with E-state index in [0.717, 1.165) is 37.1 Å². The summed E-state index contributed by atoms with van der Waals surface area (Å²) >= 11 is 0. The lowest BCUT2D eigenvalue weighted by Gasteiger charge is -2.39. The molecule has 2 saturated heterocycles. The van der Waals surface area contributed by atoms with E-state index in [9.17, 15) is 9.59 Å². The first-order valence-electron chi connectivity index (χ1n) is 15.3. The van der Waals surface area contributed by atoms with Crippen LogP contribution in [-0.2, 0) is 4.79 Å². The third kappa shape index (κ3) is 4.84. The molecule has 2 atom stereocenters. The molecule has 11 heteroatoms. The van der Waals surface area contributed by atoms with Gasteiger partial charge in [0, 0.05) is 49.1 Å². The number of halogens is 1. The number of fused-ring (bicyclic) bond motifs is 2. The van der Waals surface area contributed by atoms with Gasteiger partial charge in [-0.2, -0.15) is 0 Å². The van der Waals surface area contributed by atoms with E-state index in [0.29, 0.717) is 47.2 Å². The molecule has 3 aliphatic rings. The number of carbonyl (C=O) groups is 2. The fraction of sp³-hybridized carbons (Fsp3) is 0.424. The Labute approximate surface area is 254 Å². The number of nitrogen functional groups attached to an aromatic ring is 1. The minimum absolute atomic E-state index is 0.0449. The highest BCUT2D eigenvalue weighted by atomic mass is 19.1. The largest absolute Gasteiger partial charge is 0.493 e. The fourth-order valence-corrected chi connectivity index (χ4v) is 7.00. The molecule has 1 saturated carbocycles. The number of nitrogens with zero attached hydrogens (tertiary/aromatic N) is 5. The zero-order valence-electron chi connectivity index (χ0n) is 25.1. The third-order valence-electron chi connectivity index (χ3n) is 9.33. The third-order valence-corrected chi connectivity index (χ3v) is 9.33. The van der Waals surface area contributed by atoms with Crippen LogP contribution in [0.1, 0.15) is 86.5 Å². The van der Waals surface area contributed by atoms with Gasteiger partial charge in [-0.25, -0.2) is 19.3 Å². The number of nitrogens with two attached hydrogens (primary N) is 1. The lowest BCUT2D eigenvalue weighted by molar-refractivity contribution is -0.130. The van der Waals surface area contributed by atoms with E-state index < -0.39 is 11.7 Å². The van der Waals surface area contributed by atoms with Crippen molar-refractivity contribution >= 4 is 29.0 Å². The second-order valence-corrected chi connectivity index (χ2v) is 12.8. The van der Waals surface area contributed by atoms with Gasteiger partial charge in [-0.15, -0.1) is 0 Å². The Hall–Kier alpha value is -4.54. The topological polar surface area (TPSA) is 128 Å². The molecule has 228 valence electrons. The summed E-state index contributed by atoms with van der Waals surface area (Å²) in [7, 11) is 0. The summed E-state index contributed by atoms with van der Waals surface area (Å²) in [4.78, 5) is 41.7. The molecule has 1 aromatic carbocycles. The molecule has 0 unspecified atom stereocenters.